The summed E-state index contributed by atoms with van der Waals surface area (Å²) < 4.78 is 0.690. The van der Waals surface area contributed by atoms with Crippen molar-refractivity contribution in [3.63, 3.8) is 0 Å². The van der Waals surface area contributed by atoms with Crippen molar-refractivity contribution in [3.05, 3.63) is 33.2 Å². The van der Waals surface area contributed by atoms with Crippen LogP contribution in [0.25, 0.3) is 0 Å². The summed E-state index contributed by atoms with van der Waals surface area (Å²) >= 11 is 1.98. The maximum Gasteiger partial charge on any atom is 0.251 e. The van der Waals surface area contributed by atoms with Gasteiger partial charge in [0, 0.05) is 5.56 Å². The monoisotopic (exact) mass is 359 g/mol. The molecule has 1 aromatic carbocycles. The molecule has 3 N–H and O–H groups in total. The predicted octanol–water partition coefficient (Wildman–Crippen LogP) is 1.00. The Kier molecular flexibility index (Phi) is 3.75. The molecule has 2 rings (SSSR count). The number of aromatic nitrogens is 4. The molecule has 1 amide bonds. The quantitative estimate of drug-likeness (QED) is 0.710. The Hall–Kier alpha value is -1.71. The van der Waals surface area contributed by atoms with Crippen LogP contribution in [0, 0.1) is 3.57 Å². The van der Waals surface area contributed by atoms with E-state index in [1.165, 1.54) is 6.07 Å². The lowest BCUT2D eigenvalue weighted by Gasteiger charge is -2.10. The molecule has 2 aromatic rings. The second-order valence-corrected chi connectivity index (χ2v) is 4.79. The molecule has 0 saturated heterocycles. The summed E-state index contributed by atoms with van der Waals surface area (Å²) in [5.74, 6) is 0.174. The van der Waals surface area contributed by atoms with Gasteiger partial charge in [-0.15, -0.1) is 10.2 Å². The normalized spacial score (nSPS) is 12.1. The number of phenols is 1. The molecule has 18 heavy (non-hydrogen) atoms. The third-order valence-electron chi connectivity index (χ3n) is 2.30. The Morgan fingerprint density at radius 1 is 1.56 bits per heavy atom. The van der Waals surface area contributed by atoms with Gasteiger partial charge in [-0.2, -0.15) is 5.21 Å². The first kappa shape index (κ1) is 12.7. The number of aromatic hydroxyl groups is 1. The average molecular weight is 359 g/mol. The standard InChI is InChI=1S/C10H10IN5O2/c1-5(9-13-15-16-14-9)12-10(18)6-2-3-7(11)8(17)4-6/h2-5,17H,1H3,(H,12,18)(H,13,14,15,16). The van der Waals surface area contributed by atoms with Crippen molar-refractivity contribution in [2.24, 2.45) is 0 Å². The van der Waals surface area contributed by atoms with Gasteiger partial charge >= 0.3 is 0 Å². The summed E-state index contributed by atoms with van der Waals surface area (Å²) in [6, 6.07) is 4.36. The number of carbonyl (C=O) groups excluding carboxylic acids is 1. The Morgan fingerprint density at radius 2 is 2.33 bits per heavy atom. The zero-order valence-corrected chi connectivity index (χ0v) is 11.5. The molecule has 0 radical (unpaired) electrons. The fourth-order valence-electron chi connectivity index (χ4n) is 1.35. The van der Waals surface area contributed by atoms with Crippen LogP contribution in [0.3, 0.4) is 0 Å². The fraction of sp³-hybridized carbons (Fsp3) is 0.200. The molecule has 1 aromatic heterocycles. The molecule has 0 aliphatic rings. The molecule has 0 saturated carbocycles. The van der Waals surface area contributed by atoms with Gasteiger partial charge in [0.25, 0.3) is 5.91 Å². The first-order valence-corrected chi connectivity index (χ1v) is 6.18. The molecule has 0 aliphatic carbocycles. The minimum Gasteiger partial charge on any atom is -0.507 e. The highest BCUT2D eigenvalue weighted by Gasteiger charge is 2.15. The van der Waals surface area contributed by atoms with Crippen LogP contribution in [-0.4, -0.2) is 31.6 Å². The Balaban J connectivity index is 2.10. The van der Waals surface area contributed by atoms with E-state index in [9.17, 15) is 9.90 Å². The fourth-order valence-corrected chi connectivity index (χ4v) is 1.69. The largest absolute Gasteiger partial charge is 0.507 e. The number of tetrazole rings is 1. The van der Waals surface area contributed by atoms with E-state index in [2.05, 4.69) is 25.9 Å². The lowest BCUT2D eigenvalue weighted by molar-refractivity contribution is 0.0938. The highest BCUT2D eigenvalue weighted by Crippen LogP contribution is 2.20. The summed E-state index contributed by atoms with van der Waals surface area (Å²) in [5.41, 5.74) is 0.378. The lowest BCUT2D eigenvalue weighted by Crippen LogP contribution is -2.27. The summed E-state index contributed by atoms with van der Waals surface area (Å²) in [4.78, 5) is 11.9. The van der Waals surface area contributed by atoms with Gasteiger partial charge in [0.1, 0.15) is 5.75 Å². The minimum absolute atomic E-state index is 0.0791. The molecule has 1 heterocycles. The van der Waals surface area contributed by atoms with Crippen LogP contribution in [0.5, 0.6) is 5.75 Å². The predicted molar refractivity (Wildman–Crippen MR) is 70.9 cm³/mol. The first-order chi connectivity index (χ1) is 8.58. The smallest absolute Gasteiger partial charge is 0.251 e. The number of hydrogen-bond acceptors (Lipinski definition) is 5. The van der Waals surface area contributed by atoms with Crippen molar-refractivity contribution in [1.29, 1.82) is 0 Å². The zero-order chi connectivity index (χ0) is 13.1. The first-order valence-electron chi connectivity index (χ1n) is 5.10. The number of carbonyl (C=O) groups is 1. The van der Waals surface area contributed by atoms with Gasteiger partial charge in [0.05, 0.1) is 9.61 Å². The van der Waals surface area contributed by atoms with Gasteiger partial charge in [0.2, 0.25) is 0 Å². The Bertz CT molecular complexity index is 557. The topological polar surface area (TPSA) is 104 Å². The number of aromatic amines is 1. The number of nitrogens with one attached hydrogen (secondary N) is 2. The summed E-state index contributed by atoms with van der Waals surface area (Å²) in [6.45, 7) is 1.75. The molecular formula is C10H10IN5O2. The van der Waals surface area contributed by atoms with E-state index in [4.69, 9.17) is 0 Å². The van der Waals surface area contributed by atoms with Crippen LogP contribution in [0.2, 0.25) is 0 Å². The second-order valence-electron chi connectivity index (χ2n) is 3.63. The highest BCUT2D eigenvalue weighted by atomic mass is 127. The van der Waals surface area contributed by atoms with E-state index >= 15 is 0 Å². The summed E-state index contributed by atoms with van der Waals surface area (Å²) in [6.07, 6.45) is 0. The average Bonchev–Trinajstić information content (AvgIpc) is 2.86. The van der Waals surface area contributed by atoms with Crippen molar-refractivity contribution in [1.82, 2.24) is 25.9 Å². The van der Waals surface area contributed by atoms with Gasteiger partial charge in [-0.25, -0.2) is 0 Å². The molecule has 7 nitrogen and oxygen atoms in total. The van der Waals surface area contributed by atoms with Crippen molar-refractivity contribution >= 4 is 28.5 Å². The molecule has 1 atom stereocenters. The number of rotatable bonds is 3. The van der Waals surface area contributed by atoms with Crippen LogP contribution in [0.15, 0.2) is 18.2 Å². The van der Waals surface area contributed by atoms with E-state index in [1.54, 1.807) is 19.1 Å². The molecule has 0 spiro atoms. The molecule has 0 fully saturated rings. The zero-order valence-electron chi connectivity index (χ0n) is 9.38. The lowest BCUT2D eigenvalue weighted by atomic mass is 10.2. The van der Waals surface area contributed by atoms with Crippen molar-refractivity contribution in [3.8, 4) is 5.75 Å². The van der Waals surface area contributed by atoms with Crippen LogP contribution in [0.4, 0.5) is 0 Å². The van der Waals surface area contributed by atoms with E-state index in [0.29, 0.717) is 15.0 Å². The number of hydrogen-bond donors (Lipinski definition) is 3. The number of benzene rings is 1. The van der Waals surface area contributed by atoms with Crippen molar-refractivity contribution in [2.75, 3.05) is 0 Å². The van der Waals surface area contributed by atoms with E-state index < -0.39 is 0 Å². The van der Waals surface area contributed by atoms with E-state index in [1.807, 2.05) is 22.6 Å². The Labute approximate surface area is 116 Å². The number of nitrogens with zero attached hydrogens (tertiary/aromatic N) is 3. The van der Waals surface area contributed by atoms with Crippen LogP contribution >= 0.6 is 22.6 Å². The third-order valence-corrected chi connectivity index (χ3v) is 3.22. The maximum absolute atomic E-state index is 11.9. The Morgan fingerprint density at radius 3 is 2.94 bits per heavy atom. The van der Waals surface area contributed by atoms with E-state index in [-0.39, 0.29) is 17.7 Å². The number of amides is 1. The van der Waals surface area contributed by atoms with Crippen LogP contribution < -0.4 is 5.32 Å². The van der Waals surface area contributed by atoms with Gasteiger partial charge in [0.15, 0.2) is 5.82 Å². The second kappa shape index (κ2) is 5.29. The van der Waals surface area contributed by atoms with Gasteiger partial charge in [-0.1, -0.05) is 5.21 Å². The summed E-state index contributed by atoms with van der Waals surface area (Å²) in [7, 11) is 0. The maximum atomic E-state index is 11.9. The number of H-pyrrole nitrogens is 1. The molecule has 0 bridgehead atoms. The van der Waals surface area contributed by atoms with Gasteiger partial charge in [-0.05, 0) is 47.7 Å². The highest BCUT2D eigenvalue weighted by molar-refractivity contribution is 14.1. The molecule has 8 heteroatoms. The SMILES string of the molecule is CC(NC(=O)c1ccc(I)c(O)c1)c1nn[nH]n1. The third kappa shape index (κ3) is 2.75. The summed E-state index contributed by atoms with van der Waals surface area (Å²) in [5, 5.41) is 25.5. The molecule has 94 valence electrons. The molecular weight excluding hydrogens is 349 g/mol. The molecule has 1 unspecified atom stereocenters. The minimum atomic E-state index is -0.363. The van der Waals surface area contributed by atoms with Crippen LogP contribution in [0.1, 0.15) is 29.1 Å². The van der Waals surface area contributed by atoms with Crippen molar-refractivity contribution in [2.45, 2.75) is 13.0 Å². The van der Waals surface area contributed by atoms with Gasteiger partial charge in [-0.3, -0.25) is 4.79 Å². The number of halogens is 1. The van der Waals surface area contributed by atoms with E-state index in [0.717, 1.165) is 0 Å². The molecule has 0 aliphatic heterocycles. The van der Waals surface area contributed by atoms with Crippen LogP contribution in [-0.2, 0) is 0 Å². The van der Waals surface area contributed by atoms with Crippen molar-refractivity contribution < 1.29 is 9.90 Å². The van der Waals surface area contributed by atoms with Gasteiger partial charge < -0.3 is 10.4 Å². The number of phenolic OH excluding ortho intramolecular Hbond substituents is 1.